The molecule has 0 aromatic heterocycles. The van der Waals surface area contributed by atoms with Crippen LogP contribution in [0, 0.1) is 5.92 Å². The van der Waals surface area contributed by atoms with E-state index in [2.05, 4.69) is 5.16 Å². The molecule has 1 saturated heterocycles. The minimum atomic E-state index is -4.53. The van der Waals surface area contributed by atoms with Gasteiger partial charge in [-0.25, -0.2) is 0 Å². The van der Waals surface area contributed by atoms with Crippen molar-refractivity contribution in [2.75, 3.05) is 19.6 Å². The molecule has 1 aliphatic rings. The molecule has 3 atom stereocenters. The predicted molar refractivity (Wildman–Crippen MR) is 59.4 cm³/mol. The van der Waals surface area contributed by atoms with Gasteiger partial charge in [0.15, 0.2) is 5.84 Å². The van der Waals surface area contributed by atoms with Crippen LogP contribution in [-0.2, 0) is 4.74 Å². The summed E-state index contributed by atoms with van der Waals surface area (Å²) in [4.78, 5) is 1.62. The van der Waals surface area contributed by atoms with Crippen LogP contribution in [0.25, 0.3) is 0 Å². The van der Waals surface area contributed by atoms with Crippen molar-refractivity contribution >= 4 is 5.84 Å². The highest BCUT2D eigenvalue weighted by atomic mass is 19.4. The van der Waals surface area contributed by atoms with E-state index < -0.39 is 17.9 Å². The van der Waals surface area contributed by atoms with Gasteiger partial charge in [0.1, 0.15) is 5.92 Å². The van der Waals surface area contributed by atoms with Crippen molar-refractivity contribution in [3.63, 3.8) is 0 Å². The lowest BCUT2D eigenvalue weighted by Crippen LogP contribution is -2.51. The van der Waals surface area contributed by atoms with Crippen molar-refractivity contribution in [3.05, 3.63) is 0 Å². The van der Waals surface area contributed by atoms with E-state index in [1.54, 1.807) is 18.7 Å². The second kappa shape index (κ2) is 5.75. The maximum Gasteiger partial charge on any atom is 0.400 e. The zero-order valence-electron chi connectivity index (χ0n) is 10.3. The maximum atomic E-state index is 12.8. The SMILES string of the molecule is CC1CN(CC(C(N)=NO)C(F)(F)F)CC(C)O1. The van der Waals surface area contributed by atoms with E-state index >= 15 is 0 Å². The predicted octanol–water partition coefficient (Wildman–Crippen LogP) is 1.02. The third-order valence-electron chi connectivity index (χ3n) is 2.80. The van der Waals surface area contributed by atoms with Crippen molar-refractivity contribution in [2.45, 2.75) is 32.2 Å². The molecule has 1 rings (SSSR count). The molecule has 1 fully saturated rings. The Morgan fingerprint density at radius 2 is 1.94 bits per heavy atom. The maximum absolute atomic E-state index is 12.8. The largest absolute Gasteiger partial charge is 0.409 e. The number of nitrogens with two attached hydrogens (primary N) is 1. The first-order valence-corrected chi connectivity index (χ1v) is 5.66. The van der Waals surface area contributed by atoms with E-state index in [0.717, 1.165) is 0 Å². The standard InChI is InChI=1S/C10H18F3N3O2/c1-6-3-16(4-7(2)18-6)5-8(9(14)15-17)10(11,12)13/h6-8,17H,3-5H2,1-2H3,(H2,14,15). The van der Waals surface area contributed by atoms with Crippen molar-refractivity contribution in [1.29, 1.82) is 0 Å². The fourth-order valence-corrected chi connectivity index (χ4v) is 2.13. The van der Waals surface area contributed by atoms with E-state index in [0.29, 0.717) is 13.1 Å². The molecule has 0 aromatic carbocycles. The van der Waals surface area contributed by atoms with E-state index in [4.69, 9.17) is 15.7 Å². The Balaban J connectivity index is 2.72. The lowest BCUT2D eigenvalue weighted by molar-refractivity contribution is -0.166. The number of oxime groups is 1. The third-order valence-corrected chi connectivity index (χ3v) is 2.80. The van der Waals surface area contributed by atoms with Crippen LogP contribution < -0.4 is 5.73 Å². The van der Waals surface area contributed by atoms with Gasteiger partial charge in [-0.3, -0.25) is 4.90 Å². The molecule has 5 nitrogen and oxygen atoms in total. The highest BCUT2D eigenvalue weighted by Gasteiger charge is 2.44. The number of nitrogens with zero attached hydrogens (tertiary/aromatic N) is 2. The van der Waals surface area contributed by atoms with E-state index in [-0.39, 0.29) is 18.8 Å². The van der Waals surface area contributed by atoms with Crippen LogP contribution in [0.4, 0.5) is 13.2 Å². The second-order valence-corrected chi connectivity index (χ2v) is 4.59. The topological polar surface area (TPSA) is 71.1 Å². The molecule has 0 aliphatic carbocycles. The first kappa shape index (κ1) is 15.0. The van der Waals surface area contributed by atoms with Crippen LogP contribution in [0.15, 0.2) is 5.16 Å². The second-order valence-electron chi connectivity index (χ2n) is 4.59. The first-order valence-electron chi connectivity index (χ1n) is 5.66. The summed E-state index contributed by atoms with van der Waals surface area (Å²) in [5.74, 6) is -2.77. The van der Waals surface area contributed by atoms with Crippen LogP contribution >= 0.6 is 0 Å². The van der Waals surface area contributed by atoms with Crippen molar-refractivity contribution in [1.82, 2.24) is 4.90 Å². The fourth-order valence-electron chi connectivity index (χ4n) is 2.13. The fraction of sp³-hybridized carbons (Fsp3) is 0.900. The number of morpholine rings is 1. The first-order chi connectivity index (χ1) is 8.24. The Hall–Kier alpha value is -1.02. The lowest BCUT2D eigenvalue weighted by atomic mass is 10.1. The van der Waals surface area contributed by atoms with Gasteiger partial charge in [-0.1, -0.05) is 5.16 Å². The average molecular weight is 269 g/mol. The molecule has 3 unspecified atom stereocenters. The molecule has 0 radical (unpaired) electrons. The summed E-state index contributed by atoms with van der Waals surface area (Å²) in [5.41, 5.74) is 5.11. The van der Waals surface area contributed by atoms with Gasteiger partial charge in [0.2, 0.25) is 0 Å². The average Bonchev–Trinajstić information content (AvgIpc) is 2.22. The van der Waals surface area contributed by atoms with Gasteiger partial charge in [0, 0.05) is 19.6 Å². The lowest BCUT2D eigenvalue weighted by Gasteiger charge is -2.37. The van der Waals surface area contributed by atoms with Crippen molar-refractivity contribution < 1.29 is 23.1 Å². The molecule has 0 amide bonds. The highest BCUT2D eigenvalue weighted by Crippen LogP contribution is 2.28. The molecule has 18 heavy (non-hydrogen) atoms. The summed E-state index contributed by atoms with van der Waals surface area (Å²) in [6.45, 7) is 4.08. The van der Waals surface area contributed by atoms with Crippen molar-refractivity contribution in [3.8, 4) is 0 Å². The molecular formula is C10H18F3N3O2. The van der Waals surface area contributed by atoms with Gasteiger partial charge in [-0.2, -0.15) is 13.2 Å². The quantitative estimate of drug-likeness (QED) is 0.347. The normalized spacial score (nSPS) is 29.3. The van der Waals surface area contributed by atoms with Crippen LogP contribution in [0.3, 0.4) is 0 Å². The van der Waals surface area contributed by atoms with Gasteiger partial charge in [0.25, 0.3) is 0 Å². The monoisotopic (exact) mass is 269 g/mol. The summed E-state index contributed by atoms with van der Waals surface area (Å²) < 4.78 is 43.8. The number of alkyl halides is 3. The van der Waals surface area contributed by atoms with Crippen molar-refractivity contribution in [2.24, 2.45) is 16.8 Å². The molecular weight excluding hydrogens is 251 g/mol. The third kappa shape index (κ3) is 4.02. The zero-order valence-corrected chi connectivity index (χ0v) is 10.3. The van der Waals surface area contributed by atoms with E-state index in [1.807, 2.05) is 0 Å². The molecule has 106 valence electrons. The number of hydrogen-bond acceptors (Lipinski definition) is 4. The van der Waals surface area contributed by atoms with E-state index in [9.17, 15) is 13.2 Å². The van der Waals surface area contributed by atoms with Gasteiger partial charge in [0.05, 0.1) is 12.2 Å². The van der Waals surface area contributed by atoms with Crippen LogP contribution in [0.2, 0.25) is 0 Å². The molecule has 1 heterocycles. The Bertz CT molecular complexity index is 299. The number of ether oxygens (including phenoxy) is 1. The van der Waals surface area contributed by atoms with Gasteiger partial charge in [-0.15, -0.1) is 0 Å². The number of rotatable bonds is 3. The smallest absolute Gasteiger partial charge is 0.400 e. The summed E-state index contributed by atoms with van der Waals surface area (Å²) in [7, 11) is 0. The Kier molecular flexibility index (Phi) is 4.80. The minimum absolute atomic E-state index is 0.130. The van der Waals surface area contributed by atoms with Gasteiger partial charge in [-0.05, 0) is 13.8 Å². The molecule has 0 saturated carbocycles. The van der Waals surface area contributed by atoms with Gasteiger partial charge < -0.3 is 15.7 Å². The Labute approximate surface area is 103 Å². The minimum Gasteiger partial charge on any atom is -0.409 e. The number of amidine groups is 1. The van der Waals surface area contributed by atoms with Crippen LogP contribution in [-0.4, -0.2) is 54.0 Å². The molecule has 3 N–H and O–H groups in total. The molecule has 8 heteroatoms. The summed E-state index contributed by atoms with van der Waals surface area (Å²) >= 11 is 0. The Morgan fingerprint density at radius 1 is 1.44 bits per heavy atom. The number of halogens is 3. The Morgan fingerprint density at radius 3 is 2.33 bits per heavy atom. The van der Waals surface area contributed by atoms with Crippen LogP contribution in [0.1, 0.15) is 13.8 Å². The molecule has 0 aromatic rings. The summed E-state index contributed by atoms with van der Waals surface area (Å²) in [6, 6.07) is 0. The summed E-state index contributed by atoms with van der Waals surface area (Å²) in [5, 5.41) is 10.9. The molecule has 0 bridgehead atoms. The van der Waals surface area contributed by atoms with Crippen LogP contribution in [0.5, 0.6) is 0 Å². The van der Waals surface area contributed by atoms with E-state index in [1.165, 1.54) is 0 Å². The molecule has 0 spiro atoms. The van der Waals surface area contributed by atoms with Gasteiger partial charge >= 0.3 is 6.18 Å². The zero-order chi connectivity index (χ0) is 13.9. The summed E-state index contributed by atoms with van der Waals surface area (Å²) in [6.07, 6.45) is -4.79. The molecule has 1 aliphatic heterocycles. The number of hydrogen-bond donors (Lipinski definition) is 2. The highest BCUT2D eigenvalue weighted by molar-refractivity contribution is 5.83.